The summed E-state index contributed by atoms with van der Waals surface area (Å²) in [6.07, 6.45) is 0. The van der Waals surface area contributed by atoms with Gasteiger partial charge in [-0.25, -0.2) is 9.69 Å². The summed E-state index contributed by atoms with van der Waals surface area (Å²) >= 11 is 0.834. The number of carboxylic acids is 1. The molecule has 24 heavy (non-hydrogen) atoms. The van der Waals surface area contributed by atoms with Crippen molar-refractivity contribution in [3.05, 3.63) is 59.7 Å². The van der Waals surface area contributed by atoms with Crippen LogP contribution in [0.5, 0.6) is 0 Å². The third-order valence-electron chi connectivity index (χ3n) is 3.64. The van der Waals surface area contributed by atoms with E-state index in [1.54, 1.807) is 49.4 Å². The standard InChI is InChI=1S/C17H14N2O4S/c1-10-6-5-9-12(16(21)22)13(10)18-14-15(20)19(17(23)24-14)11-7-3-2-4-8-11/h2-9,14,18H,1H3,(H,21,22)/t14-/m1/s1. The number of nitrogens with one attached hydrogen (secondary N) is 1. The van der Waals surface area contributed by atoms with Gasteiger partial charge in [0.1, 0.15) is 0 Å². The van der Waals surface area contributed by atoms with Crippen LogP contribution in [0.2, 0.25) is 0 Å². The van der Waals surface area contributed by atoms with Crippen molar-refractivity contribution in [3.8, 4) is 0 Å². The molecule has 1 aliphatic rings. The third-order valence-corrected chi connectivity index (χ3v) is 4.58. The van der Waals surface area contributed by atoms with E-state index >= 15 is 0 Å². The summed E-state index contributed by atoms with van der Waals surface area (Å²) in [5, 5.41) is 11.0. The lowest BCUT2D eigenvalue weighted by Crippen LogP contribution is -2.34. The smallest absolute Gasteiger partial charge is 0.337 e. The van der Waals surface area contributed by atoms with Gasteiger partial charge in [0.25, 0.3) is 11.1 Å². The van der Waals surface area contributed by atoms with Crippen molar-refractivity contribution in [2.45, 2.75) is 12.3 Å². The number of anilines is 2. The maximum Gasteiger partial charge on any atom is 0.337 e. The molecule has 7 heteroatoms. The van der Waals surface area contributed by atoms with E-state index in [1.807, 2.05) is 0 Å². The third kappa shape index (κ3) is 2.85. The molecule has 0 aromatic heterocycles. The molecule has 1 saturated heterocycles. The fourth-order valence-electron chi connectivity index (χ4n) is 2.48. The molecule has 1 heterocycles. The minimum Gasteiger partial charge on any atom is -0.478 e. The molecule has 0 saturated carbocycles. The molecule has 0 radical (unpaired) electrons. The number of aryl methyl sites for hydroxylation is 1. The number of benzene rings is 2. The molecule has 2 N–H and O–H groups in total. The Bertz CT molecular complexity index is 823. The first kappa shape index (κ1) is 16.1. The number of nitrogens with zero attached hydrogens (tertiary/aromatic N) is 1. The molecule has 1 fully saturated rings. The van der Waals surface area contributed by atoms with Gasteiger partial charge in [-0.05, 0) is 42.4 Å². The van der Waals surface area contributed by atoms with Crippen LogP contribution in [0, 0.1) is 6.92 Å². The Hall–Kier alpha value is -2.80. The van der Waals surface area contributed by atoms with Gasteiger partial charge in [0.2, 0.25) is 0 Å². The van der Waals surface area contributed by atoms with Crippen LogP contribution in [0.4, 0.5) is 16.2 Å². The molecule has 1 atom stereocenters. The molecular weight excluding hydrogens is 328 g/mol. The highest BCUT2D eigenvalue weighted by Crippen LogP contribution is 2.33. The molecule has 3 rings (SSSR count). The Kier molecular flexibility index (Phi) is 4.26. The van der Waals surface area contributed by atoms with E-state index < -0.39 is 22.5 Å². The van der Waals surface area contributed by atoms with E-state index in [0.29, 0.717) is 16.9 Å². The number of para-hydroxylation sites is 2. The van der Waals surface area contributed by atoms with Gasteiger partial charge in [0, 0.05) is 0 Å². The molecule has 6 nitrogen and oxygen atoms in total. The summed E-state index contributed by atoms with van der Waals surface area (Å²) in [7, 11) is 0. The van der Waals surface area contributed by atoms with Crippen molar-refractivity contribution in [1.29, 1.82) is 0 Å². The van der Waals surface area contributed by atoms with E-state index in [-0.39, 0.29) is 5.56 Å². The second-order valence-corrected chi connectivity index (χ2v) is 6.28. The number of thioether (sulfide) groups is 1. The molecule has 0 aliphatic carbocycles. The normalized spacial score (nSPS) is 17.2. The molecular formula is C17H14N2O4S. The number of carbonyl (C=O) groups excluding carboxylic acids is 2. The van der Waals surface area contributed by atoms with Crippen molar-refractivity contribution in [3.63, 3.8) is 0 Å². The van der Waals surface area contributed by atoms with E-state index in [0.717, 1.165) is 16.7 Å². The summed E-state index contributed by atoms with van der Waals surface area (Å²) in [4.78, 5) is 37.3. The summed E-state index contributed by atoms with van der Waals surface area (Å²) in [6, 6.07) is 13.5. The number of amides is 2. The maximum atomic E-state index is 12.6. The van der Waals surface area contributed by atoms with Crippen molar-refractivity contribution < 1.29 is 19.5 Å². The van der Waals surface area contributed by atoms with E-state index in [2.05, 4.69) is 5.32 Å². The van der Waals surface area contributed by atoms with Crippen molar-refractivity contribution >= 4 is 40.3 Å². The maximum absolute atomic E-state index is 12.6. The lowest BCUT2D eigenvalue weighted by atomic mass is 10.1. The fraction of sp³-hybridized carbons (Fsp3) is 0.118. The van der Waals surface area contributed by atoms with Gasteiger partial charge in [0.15, 0.2) is 5.37 Å². The Labute approximate surface area is 142 Å². The van der Waals surface area contributed by atoms with Gasteiger partial charge >= 0.3 is 5.97 Å². The zero-order valence-corrected chi connectivity index (χ0v) is 13.5. The highest BCUT2D eigenvalue weighted by molar-refractivity contribution is 8.16. The Morgan fingerprint density at radius 3 is 2.50 bits per heavy atom. The monoisotopic (exact) mass is 342 g/mol. The highest BCUT2D eigenvalue weighted by Gasteiger charge is 2.41. The van der Waals surface area contributed by atoms with Crippen LogP contribution in [0.3, 0.4) is 0 Å². The lowest BCUT2D eigenvalue weighted by Gasteiger charge is -2.17. The van der Waals surface area contributed by atoms with E-state index in [9.17, 15) is 19.5 Å². The summed E-state index contributed by atoms with van der Waals surface area (Å²) in [5.74, 6) is -1.52. The highest BCUT2D eigenvalue weighted by atomic mass is 32.2. The van der Waals surface area contributed by atoms with Gasteiger partial charge in [0.05, 0.1) is 16.9 Å². The summed E-state index contributed by atoms with van der Waals surface area (Å²) in [5.41, 5.74) is 1.59. The first-order valence-corrected chi connectivity index (χ1v) is 8.06. The van der Waals surface area contributed by atoms with E-state index in [1.165, 1.54) is 6.07 Å². The Balaban J connectivity index is 1.90. The topological polar surface area (TPSA) is 86.7 Å². The number of imide groups is 1. The number of carbonyl (C=O) groups is 3. The van der Waals surface area contributed by atoms with Gasteiger partial charge in [-0.2, -0.15) is 0 Å². The van der Waals surface area contributed by atoms with Gasteiger partial charge in [-0.15, -0.1) is 0 Å². The number of rotatable bonds is 4. The van der Waals surface area contributed by atoms with Crippen LogP contribution in [0.15, 0.2) is 48.5 Å². The van der Waals surface area contributed by atoms with Gasteiger partial charge < -0.3 is 10.4 Å². The lowest BCUT2D eigenvalue weighted by molar-refractivity contribution is -0.116. The van der Waals surface area contributed by atoms with E-state index in [4.69, 9.17) is 0 Å². The molecule has 1 aliphatic heterocycles. The number of hydrogen-bond donors (Lipinski definition) is 2. The van der Waals surface area contributed by atoms with Gasteiger partial charge in [-0.1, -0.05) is 30.3 Å². The second kappa shape index (κ2) is 6.37. The van der Waals surface area contributed by atoms with Crippen LogP contribution in [0.1, 0.15) is 15.9 Å². The number of aromatic carboxylic acids is 1. The molecule has 2 amide bonds. The predicted molar refractivity (Wildman–Crippen MR) is 92.5 cm³/mol. The molecule has 122 valence electrons. The van der Waals surface area contributed by atoms with Crippen LogP contribution in [-0.2, 0) is 4.79 Å². The minimum absolute atomic E-state index is 0.0639. The predicted octanol–water partition coefficient (Wildman–Crippen LogP) is 3.33. The van der Waals surface area contributed by atoms with Crippen molar-refractivity contribution in [1.82, 2.24) is 0 Å². The largest absolute Gasteiger partial charge is 0.478 e. The quantitative estimate of drug-likeness (QED) is 0.886. The second-order valence-electron chi connectivity index (χ2n) is 5.22. The molecule has 0 spiro atoms. The summed E-state index contributed by atoms with van der Waals surface area (Å²) < 4.78 is 0. The zero-order chi connectivity index (χ0) is 17.3. The molecule has 0 bridgehead atoms. The fourth-order valence-corrected chi connectivity index (χ4v) is 3.37. The van der Waals surface area contributed by atoms with Crippen molar-refractivity contribution in [2.75, 3.05) is 10.2 Å². The molecule has 2 aromatic rings. The van der Waals surface area contributed by atoms with Gasteiger partial charge in [-0.3, -0.25) is 9.59 Å². The van der Waals surface area contributed by atoms with Crippen molar-refractivity contribution in [2.24, 2.45) is 0 Å². The molecule has 2 aromatic carbocycles. The first-order chi connectivity index (χ1) is 11.5. The Morgan fingerprint density at radius 2 is 1.83 bits per heavy atom. The average molecular weight is 342 g/mol. The van der Waals surface area contributed by atoms with Crippen LogP contribution < -0.4 is 10.2 Å². The number of hydrogen-bond acceptors (Lipinski definition) is 5. The number of carboxylic acid groups (broad SMARTS) is 1. The first-order valence-electron chi connectivity index (χ1n) is 7.18. The Morgan fingerprint density at radius 1 is 1.12 bits per heavy atom. The zero-order valence-electron chi connectivity index (χ0n) is 12.7. The minimum atomic E-state index is -1.09. The SMILES string of the molecule is Cc1cccc(C(=O)O)c1N[C@@H]1SC(=O)N(c2ccccc2)C1=O. The molecule has 0 unspecified atom stereocenters. The van der Waals surface area contributed by atoms with Crippen LogP contribution in [-0.4, -0.2) is 27.6 Å². The average Bonchev–Trinajstić information content (AvgIpc) is 2.84. The van der Waals surface area contributed by atoms with Crippen LogP contribution in [0.25, 0.3) is 0 Å². The van der Waals surface area contributed by atoms with Crippen LogP contribution >= 0.6 is 11.8 Å². The summed E-state index contributed by atoms with van der Waals surface area (Å²) in [6.45, 7) is 1.75.